The average molecular weight is 335 g/mol. The number of nitrogens with one attached hydrogen (secondary N) is 1. The van der Waals surface area contributed by atoms with Crippen LogP contribution in [0.25, 0.3) is 0 Å². The molecule has 0 bridgehead atoms. The van der Waals surface area contributed by atoms with E-state index in [0.717, 1.165) is 0 Å². The number of hydrogen-bond donors (Lipinski definition) is 2. The number of carbonyl (C=O) groups excluding carboxylic acids is 2. The number of rotatable bonds is 6. The Bertz CT molecular complexity index is 435. The van der Waals surface area contributed by atoms with Crippen LogP contribution in [0.15, 0.2) is 0 Å². The van der Waals surface area contributed by atoms with Gasteiger partial charge in [-0.05, 0) is 33.1 Å². The number of carboxylic acids is 1. The largest absolute Gasteiger partial charge is 0.480 e. The summed E-state index contributed by atoms with van der Waals surface area (Å²) in [6.45, 7) is 5.87. The maximum absolute atomic E-state index is 11.7. The van der Waals surface area contributed by atoms with Gasteiger partial charge in [-0.2, -0.15) is 0 Å². The fourth-order valence-corrected chi connectivity index (χ4v) is 2.37. The third-order valence-corrected chi connectivity index (χ3v) is 3.63. The molecular formula is C14H23ClN2O5. The molecule has 0 aromatic heterocycles. The van der Waals surface area contributed by atoms with Gasteiger partial charge in [0.15, 0.2) is 0 Å². The standard InChI is InChI=1S/C14H23ClN2O5/c1-14(2,3)22-13(21)16-10(12(19)20)4-5-17-8-9(7-15)6-11(17)18/h9-10H,4-8H2,1-3H3,(H,16,21)(H,19,20)/t9?,10-/m0/s1. The number of hydrogen-bond acceptors (Lipinski definition) is 4. The first kappa shape index (κ1) is 18.5. The van der Waals surface area contributed by atoms with Crippen molar-refractivity contribution in [3.63, 3.8) is 0 Å². The molecule has 126 valence electrons. The van der Waals surface area contributed by atoms with Crippen molar-refractivity contribution in [2.75, 3.05) is 19.0 Å². The Morgan fingerprint density at radius 3 is 2.59 bits per heavy atom. The van der Waals surface area contributed by atoms with Crippen LogP contribution in [0, 0.1) is 5.92 Å². The molecule has 1 aliphatic rings. The van der Waals surface area contributed by atoms with Gasteiger partial charge in [0.25, 0.3) is 0 Å². The third-order valence-electron chi connectivity index (χ3n) is 3.19. The molecule has 7 nitrogen and oxygen atoms in total. The highest BCUT2D eigenvalue weighted by Gasteiger charge is 2.30. The fraction of sp³-hybridized carbons (Fsp3) is 0.786. The van der Waals surface area contributed by atoms with E-state index in [9.17, 15) is 14.4 Å². The zero-order chi connectivity index (χ0) is 16.9. The summed E-state index contributed by atoms with van der Waals surface area (Å²) in [6, 6.07) is -1.10. The summed E-state index contributed by atoms with van der Waals surface area (Å²) in [7, 11) is 0. The zero-order valence-corrected chi connectivity index (χ0v) is 13.9. The second-order valence-electron chi connectivity index (χ2n) is 6.39. The monoisotopic (exact) mass is 334 g/mol. The topological polar surface area (TPSA) is 95.9 Å². The van der Waals surface area contributed by atoms with Gasteiger partial charge in [0.2, 0.25) is 5.91 Å². The molecule has 1 saturated heterocycles. The number of ether oxygens (including phenoxy) is 1. The first-order valence-corrected chi connectivity index (χ1v) is 7.72. The van der Waals surface area contributed by atoms with Gasteiger partial charge in [0, 0.05) is 25.4 Å². The van der Waals surface area contributed by atoms with Gasteiger partial charge in [0.1, 0.15) is 11.6 Å². The summed E-state index contributed by atoms with van der Waals surface area (Å²) >= 11 is 5.74. The summed E-state index contributed by atoms with van der Waals surface area (Å²) in [5.74, 6) is -0.685. The van der Waals surface area contributed by atoms with Gasteiger partial charge < -0.3 is 20.1 Å². The van der Waals surface area contributed by atoms with Crippen molar-refractivity contribution in [1.29, 1.82) is 0 Å². The van der Waals surface area contributed by atoms with Crippen LogP contribution in [0.3, 0.4) is 0 Å². The molecule has 1 heterocycles. The van der Waals surface area contributed by atoms with Crippen LogP contribution in [0.4, 0.5) is 4.79 Å². The van der Waals surface area contributed by atoms with Crippen LogP contribution >= 0.6 is 11.6 Å². The summed E-state index contributed by atoms with van der Waals surface area (Å²) < 4.78 is 5.03. The Balaban J connectivity index is 2.50. The molecule has 0 radical (unpaired) electrons. The minimum absolute atomic E-state index is 0.0351. The van der Waals surface area contributed by atoms with Crippen LogP contribution in [-0.4, -0.2) is 58.6 Å². The van der Waals surface area contributed by atoms with E-state index in [-0.39, 0.29) is 24.8 Å². The van der Waals surface area contributed by atoms with Crippen LogP contribution < -0.4 is 5.32 Å². The highest BCUT2D eigenvalue weighted by molar-refractivity contribution is 6.18. The van der Waals surface area contributed by atoms with Gasteiger partial charge in [-0.25, -0.2) is 9.59 Å². The molecule has 0 aliphatic carbocycles. The Morgan fingerprint density at radius 2 is 2.14 bits per heavy atom. The maximum atomic E-state index is 11.7. The van der Waals surface area contributed by atoms with Crippen molar-refractivity contribution in [2.45, 2.75) is 45.3 Å². The Kier molecular flexibility index (Phi) is 6.47. The molecule has 2 amide bonds. The number of halogens is 1. The Labute approximate surface area is 134 Å². The van der Waals surface area contributed by atoms with E-state index in [2.05, 4.69) is 5.32 Å². The van der Waals surface area contributed by atoms with Gasteiger partial charge >= 0.3 is 12.1 Å². The van der Waals surface area contributed by atoms with Crippen LogP contribution in [0.1, 0.15) is 33.6 Å². The summed E-state index contributed by atoms with van der Waals surface area (Å²) in [6.07, 6.45) is -0.276. The van der Waals surface area contributed by atoms with E-state index in [4.69, 9.17) is 21.4 Å². The molecule has 0 spiro atoms. The number of carbonyl (C=O) groups is 3. The van der Waals surface area contributed by atoms with E-state index in [1.165, 1.54) is 0 Å². The van der Waals surface area contributed by atoms with Gasteiger partial charge in [-0.15, -0.1) is 11.6 Å². The summed E-state index contributed by atoms with van der Waals surface area (Å²) in [5, 5.41) is 11.5. The van der Waals surface area contributed by atoms with E-state index in [1.54, 1.807) is 25.7 Å². The quantitative estimate of drug-likeness (QED) is 0.716. The van der Waals surface area contributed by atoms with Gasteiger partial charge in [0.05, 0.1) is 0 Å². The van der Waals surface area contributed by atoms with Crippen molar-refractivity contribution in [3.05, 3.63) is 0 Å². The second-order valence-corrected chi connectivity index (χ2v) is 6.70. The van der Waals surface area contributed by atoms with Crippen LogP contribution in [-0.2, 0) is 14.3 Å². The van der Waals surface area contributed by atoms with Crippen molar-refractivity contribution < 1.29 is 24.2 Å². The Hall–Kier alpha value is -1.50. The van der Waals surface area contributed by atoms with Crippen molar-refractivity contribution in [2.24, 2.45) is 5.92 Å². The molecule has 1 fully saturated rings. The molecule has 0 aromatic carbocycles. The molecule has 2 N–H and O–H groups in total. The van der Waals surface area contributed by atoms with Crippen LogP contribution in [0.5, 0.6) is 0 Å². The SMILES string of the molecule is CC(C)(C)OC(=O)N[C@@H](CCN1CC(CCl)CC1=O)C(=O)O. The zero-order valence-electron chi connectivity index (χ0n) is 13.1. The molecule has 22 heavy (non-hydrogen) atoms. The highest BCUT2D eigenvalue weighted by Crippen LogP contribution is 2.19. The predicted octanol–water partition coefficient (Wildman–Crippen LogP) is 1.44. The van der Waals surface area contributed by atoms with E-state index >= 15 is 0 Å². The minimum atomic E-state index is -1.16. The minimum Gasteiger partial charge on any atom is -0.480 e. The van der Waals surface area contributed by atoms with E-state index in [1.807, 2.05) is 0 Å². The molecule has 0 aromatic rings. The lowest BCUT2D eigenvalue weighted by Crippen LogP contribution is -2.45. The van der Waals surface area contributed by atoms with E-state index in [0.29, 0.717) is 18.8 Å². The van der Waals surface area contributed by atoms with Crippen molar-refractivity contribution in [3.8, 4) is 0 Å². The van der Waals surface area contributed by atoms with Gasteiger partial charge in [-0.1, -0.05) is 0 Å². The lowest BCUT2D eigenvalue weighted by atomic mass is 10.1. The molecular weight excluding hydrogens is 312 g/mol. The fourth-order valence-electron chi connectivity index (χ4n) is 2.17. The number of amides is 2. The number of likely N-dealkylation sites (tertiary alicyclic amines) is 1. The molecule has 1 aliphatic heterocycles. The highest BCUT2D eigenvalue weighted by atomic mass is 35.5. The second kappa shape index (κ2) is 7.67. The lowest BCUT2D eigenvalue weighted by molar-refractivity contribution is -0.140. The third kappa shape index (κ3) is 6.09. The predicted molar refractivity (Wildman–Crippen MR) is 80.8 cm³/mol. The summed E-state index contributed by atoms with van der Waals surface area (Å²) in [4.78, 5) is 36.2. The molecule has 2 atom stereocenters. The van der Waals surface area contributed by atoms with Gasteiger partial charge in [-0.3, -0.25) is 4.79 Å². The smallest absolute Gasteiger partial charge is 0.408 e. The molecule has 1 unspecified atom stereocenters. The van der Waals surface area contributed by atoms with Crippen molar-refractivity contribution in [1.82, 2.24) is 10.2 Å². The summed E-state index contributed by atoms with van der Waals surface area (Å²) in [5.41, 5.74) is -0.703. The molecule has 1 rings (SSSR count). The number of alkyl carbamates (subject to hydrolysis) is 1. The molecule has 0 saturated carbocycles. The lowest BCUT2D eigenvalue weighted by Gasteiger charge is -2.23. The first-order chi connectivity index (χ1) is 10.1. The number of carboxylic acid groups (broad SMARTS) is 1. The number of alkyl halides is 1. The van der Waals surface area contributed by atoms with Crippen LogP contribution in [0.2, 0.25) is 0 Å². The van der Waals surface area contributed by atoms with E-state index < -0.39 is 23.7 Å². The maximum Gasteiger partial charge on any atom is 0.408 e. The average Bonchev–Trinajstić information content (AvgIpc) is 2.72. The number of nitrogens with zero attached hydrogens (tertiary/aromatic N) is 1. The first-order valence-electron chi connectivity index (χ1n) is 7.18. The normalized spacial score (nSPS) is 19.9. The Morgan fingerprint density at radius 1 is 1.50 bits per heavy atom. The van der Waals surface area contributed by atoms with Crippen molar-refractivity contribution >= 4 is 29.6 Å². The number of aliphatic carboxylic acids is 1. The molecule has 8 heteroatoms.